The fourth-order valence-corrected chi connectivity index (χ4v) is 2.21. The number of aryl methyl sites for hydroxylation is 2. The summed E-state index contributed by atoms with van der Waals surface area (Å²) in [7, 11) is 0. The van der Waals surface area contributed by atoms with E-state index in [1.54, 1.807) is 0 Å². The van der Waals surface area contributed by atoms with Gasteiger partial charge < -0.3 is 10.3 Å². The molecule has 2 N–H and O–H groups in total. The molecule has 0 saturated heterocycles. The maximum atomic E-state index is 5.77. The second-order valence-corrected chi connectivity index (χ2v) is 4.53. The Morgan fingerprint density at radius 2 is 2.12 bits per heavy atom. The lowest BCUT2D eigenvalue weighted by Crippen LogP contribution is -2.08. The molecule has 1 aromatic carbocycles. The summed E-state index contributed by atoms with van der Waals surface area (Å²) in [4.78, 5) is 0. The van der Waals surface area contributed by atoms with Gasteiger partial charge in [0.05, 0.1) is 0 Å². The van der Waals surface area contributed by atoms with Crippen molar-refractivity contribution in [1.82, 2.24) is 4.57 Å². The van der Waals surface area contributed by atoms with E-state index in [9.17, 15) is 0 Å². The van der Waals surface area contributed by atoms with Crippen LogP contribution in [0, 0.1) is 6.92 Å². The standard InChI is InChI=1S/C14H20N2/c1-4-16-9-13(11(3)8-15)12-6-5-10(2)7-14(12)16/h5-7,9,11H,4,8,15H2,1-3H3. The van der Waals surface area contributed by atoms with Gasteiger partial charge in [-0.25, -0.2) is 0 Å². The van der Waals surface area contributed by atoms with E-state index in [4.69, 9.17) is 5.73 Å². The summed E-state index contributed by atoms with van der Waals surface area (Å²) in [6.45, 7) is 8.22. The summed E-state index contributed by atoms with van der Waals surface area (Å²) in [6.07, 6.45) is 2.25. The Morgan fingerprint density at radius 3 is 2.75 bits per heavy atom. The SMILES string of the molecule is CCn1cc(C(C)CN)c2ccc(C)cc21. The fraction of sp³-hybridized carbons (Fsp3) is 0.429. The number of aromatic nitrogens is 1. The molecule has 0 amide bonds. The van der Waals surface area contributed by atoms with E-state index in [-0.39, 0.29) is 0 Å². The Morgan fingerprint density at radius 1 is 1.38 bits per heavy atom. The molecule has 1 aromatic heterocycles. The Bertz CT molecular complexity index is 497. The second-order valence-electron chi connectivity index (χ2n) is 4.53. The van der Waals surface area contributed by atoms with Gasteiger partial charge in [-0.1, -0.05) is 19.1 Å². The highest BCUT2D eigenvalue weighted by Gasteiger charge is 2.12. The van der Waals surface area contributed by atoms with Crippen LogP contribution in [0.15, 0.2) is 24.4 Å². The van der Waals surface area contributed by atoms with Crippen LogP contribution in [0.3, 0.4) is 0 Å². The molecule has 0 bridgehead atoms. The van der Waals surface area contributed by atoms with Crippen LogP contribution in [-0.4, -0.2) is 11.1 Å². The van der Waals surface area contributed by atoms with Gasteiger partial charge >= 0.3 is 0 Å². The fourth-order valence-electron chi connectivity index (χ4n) is 2.21. The van der Waals surface area contributed by atoms with Crippen molar-refractivity contribution >= 4 is 10.9 Å². The Labute approximate surface area is 97.1 Å². The minimum absolute atomic E-state index is 0.429. The van der Waals surface area contributed by atoms with E-state index in [0.717, 1.165) is 6.54 Å². The third-order valence-electron chi connectivity index (χ3n) is 3.29. The molecule has 16 heavy (non-hydrogen) atoms. The third kappa shape index (κ3) is 1.74. The maximum absolute atomic E-state index is 5.77. The minimum Gasteiger partial charge on any atom is -0.347 e. The molecule has 0 radical (unpaired) electrons. The van der Waals surface area contributed by atoms with Crippen molar-refractivity contribution in [2.45, 2.75) is 33.2 Å². The average molecular weight is 216 g/mol. The van der Waals surface area contributed by atoms with Gasteiger partial charge in [-0.05, 0) is 43.5 Å². The van der Waals surface area contributed by atoms with E-state index in [1.165, 1.54) is 22.0 Å². The largest absolute Gasteiger partial charge is 0.347 e. The van der Waals surface area contributed by atoms with Crippen molar-refractivity contribution < 1.29 is 0 Å². The van der Waals surface area contributed by atoms with Crippen LogP contribution >= 0.6 is 0 Å². The van der Waals surface area contributed by atoms with Crippen molar-refractivity contribution in [3.63, 3.8) is 0 Å². The molecule has 2 nitrogen and oxygen atoms in total. The smallest absolute Gasteiger partial charge is 0.0485 e. The minimum atomic E-state index is 0.429. The topological polar surface area (TPSA) is 30.9 Å². The van der Waals surface area contributed by atoms with Crippen LogP contribution in [-0.2, 0) is 6.54 Å². The first-order chi connectivity index (χ1) is 7.67. The Hall–Kier alpha value is -1.28. The van der Waals surface area contributed by atoms with Gasteiger partial charge in [-0.2, -0.15) is 0 Å². The van der Waals surface area contributed by atoms with Gasteiger partial charge in [0.15, 0.2) is 0 Å². The van der Waals surface area contributed by atoms with Gasteiger partial charge in [0, 0.05) is 23.6 Å². The van der Waals surface area contributed by atoms with Crippen molar-refractivity contribution in [2.75, 3.05) is 6.54 Å². The lowest BCUT2D eigenvalue weighted by Gasteiger charge is -2.06. The predicted molar refractivity (Wildman–Crippen MR) is 69.8 cm³/mol. The van der Waals surface area contributed by atoms with E-state index in [1.807, 2.05) is 0 Å². The molecule has 1 heterocycles. The second kappa shape index (κ2) is 4.30. The van der Waals surface area contributed by atoms with Crippen LogP contribution in [0.4, 0.5) is 0 Å². The number of nitrogens with zero attached hydrogens (tertiary/aromatic N) is 1. The predicted octanol–water partition coefficient (Wildman–Crippen LogP) is 3.03. The summed E-state index contributed by atoms with van der Waals surface area (Å²) >= 11 is 0. The number of benzene rings is 1. The maximum Gasteiger partial charge on any atom is 0.0485 e. The van der Waals surface area contributed by atoms with Gasteiger partial charge in [0.1, 0.15) is 0 Å². The molecule has 0 aliphatic carbocycles. The molecule has 2 heteroatoms. The molecule has 0 fully saturated rings. The van der Waals surface area contributed by atoms with Gasteiger partial charge in [0.25, 0.3) is 0 Å². The number of hydrogen-bond donors (Lipinski definition) is 1. The number of hydrogen-bond acceptors (Lipinski definition) is 1. The van der Waals surface area contributed by atoms with Crippen molar-refractivity contribution in [1.29, 1.82) is 0 Å². The lowest BCUT2D eigenvalue weighted by molar-refractivity contribution is 0.752. The molecule has 2 aromatic rings. The van der Waals surface area contributed by atoms with Gasteiger partial charge in [-0.3, -0.25) is 0 Å². The number of fused-ring (bicyclic) bond motifs is 1. The van der Waals surface area contributed by atoms with Crippen LogP contribution in [0.25, 0.3) is 10.9 Å². The molecule has 1 atom stereocenters. The Balaban J connectivity index is 2.67. The van der Waals surface area contributed by atoms with E-state index in [0.29, 0.717) is 12.5 Å². The van der Waals surface area contributed by atoms with Crippen LogP contribution in [0.5, 0.6) is 0 Å². The molecule has 2 rings (SSSR count). The zero-order valence-corrected chi connectivity index (χ0v) is 10.3. The Kier molecular flexibility index (Phi) is 3.01. The molecular formula is C14H20N2. The highest BCUT2D eigenvalue weighted by Crippen LogP contribution is 2.28. The molecule has 0 aliphatic rings. The van der Waals surface area contributed by atoms with Crippen molar-refractivity contribution in [2.24, 2.45) is 5.73 Å². The molecule has 1 unspecified atom stereocenters. The monoisotopic (exact) mass is 216 g/mol. The summed E-state index contributed by atoms with van der Waals surface area (Å²) in [6, 6.07) is 6.65. The van der Waals surface area contributed by atoms with Gasteiger partial charge in [0.2, 0.25) is 0 Å². The molecule has 0 spiro atoms. The van der Waals surface area contributed by atoms with E-state index in [2.05, 4.69) is 49.7 Å². The van der Waals surface area contributed by atoms with E-state index < -0.39 is 0 Å². The summed E-state index contributed by atoms with van der Waals surface area (Å²) in [5.74, 6) is 0.429. The molecular weight excluding hydrogens is 196 g/mol. The van der Waals surface area contributed by atoms with Gasteiger partial charge in [-0.15, -0.1) is 0 Å². The quantitative estimate of drug-likeness (QED) is 0.840. The molecule has 0 saturated carbocycles. The average Bonchev–Trinajstić information content (AvgIpc) is 2.66. The third-order valence-corrected chi connectivity index (χ3v) is 3.29. The normalized spacial score (nSPS) is 13.2. The van der Waals surface area contributed by atoms with Crippen molar-refractivity contribution in [3.05, 3.63) is 35.5 Å². The first kappa shape index (κ1) is 11.2. The summed E-state index contributed by atoms with van der Waals surface area (Å²) < 4.78 is 2.31. The zero-order valence-electron chi connectivity index (χ0n) is 10.3. The van der Waals surface area contributed by atoms with Crippen LogP contribution < -0.4 is 5.73 Å². The number of rotatable bonds is 3. The summed E-state index contributed by atoms with van der Waals surface area (Å²) in [5.41, 5.74) is 9.78. The highest BCUT2D eigenvalue weighted by molar-refractivity contribution is 5.85. The first-order valence-electron chi connectivity index (χ1n) is 5.96. The first-order valence-corrected chi connectivity index (χ1v) is 5.96. The molecule has 0 aliphatic heterocycles. The molecule has 86 valence electrons. The van der Waals surface area contributed by atoms with Crippen LogP contribution in [0.2, 0.25) is 0 Å². The highest BCUT2D eigenvalue weighted by atomic mass is 14.9. The summed E-state index contributed by atoms with van der Waals surface area (Å²) in [5, 5.41) is 1.35. The number of nitrogens with two attached hydrogens (primary N) is 1. The van der Waals surface area contributed by atoms with Crippen LogP contribution in [0.1, 0.15) is 30.9 Å². The lowest BCUT2D eigenvalue weighted by atomic mass is 10.0. The van der Waals surface area contributed by atoms with E-state index >= 15 is 0 Å². The zero-order chi connectivity index (χ0) is 11.7. The van der Waals surface area contributed by atoms with Crippen molar-refractivity contribution in [3.8, 4) is 0 Å².